The van der Waals surface area contributed by atoms with Crippen LogP contribution in [0.3, 0.4) is 0 Å². The molecule has 0 fully saturated rings. The molecule has 0 aromatic heterocycles. The number of hydrogen-bond donors (Lipinski definition) is 3. The maximum absolute atomic E-state index is 11.1. The van der Waals surface area contributed by atoms with Crippen molar-refractivity contribution in [2.75, 3.05) is 7.11 Å². The van der Waals surface area contributed by atoms with Crippen LogP contribution in [-0.4, -0.2) is 45.4 Å². The van der Waals surface area contributed by atoms with Gasteiger partial charge in [-0.1, -0.05) is 6.07 Å². The van der Waals surface area contributed by atoms with Gasteiger partial charge in [0.25, 0.3) is 5.69 Å². The Morgan fingerprint density at radius 3 is 2.48 bits per heavy atom. The van der Waals surface area contributed by atoms with E-state index >= 15 is 0 Å². The highest BCUT2D eigenvalue weighted by Gasteiger charge is 2.32. The van der Waals surface area contributed by atoms with E-state index in [-0.39, 0.29) is 0 Å². The lowest BCUT2D eigenvalue weighted by molar-refractivity contribution is -0.386. The number of carboxylic acids is 1. The fraction of sp³-hybridized carbons (Fsp3) is 0.333. The molecule has 0 amide bonds. The molecule has 2 atom stereocenters. The van der Waals surface area contributed by atoms with E-state index in [1.807, 2.05) is 0 Å². The molecule has 0 saturated carbocycles. The summed E-state index contributed by atoms with van der Waals surface area (Å²) in [5.74, 6) is -2.35. The van der Waals surface area contributed by atoms with Crippen molar-refractivity contribution in [3.05, 3.63) is 39.4 Å². The Hall–Kier alpha value is -2.52. The molecule has 1 aromatic rings. The Kier molecular flexibility index (Phi) is 5.33. The Morgan fingerprint density at radius 1 is 1.38 bits per heavy atom. The van der Waals surface area contributed by atoms with Crippen LogP contribution in [0.2, 0.25) is 0 Å². The SMILES string of the molecule is COC(=O)CC(O)C(O)c1c(C(=O)O)cccc1[N+](=O)[O-]. The number of nitrogens with zero attached hydrogens (tertiary/aromatic N) is 1. The predicted molar refractivity (Wildman–Crippen MR) is 67.7 cm³/mol. The molecule has 0 aliphatic rings. The Bertz CT molecular complexity index is 538. The first kappa shape index (κ1) is 16.5. The third-order valence-electron chi connectivity index (χ3n) is 2.77. The van der Waals surface area contributed by atoms with Crippen LogP contribution in [0.1, 0.15) is 28.4 Å². The first-order valence-electron chi connectivity index (χ1n) is 5.73. The van der Waals surface area contributed by atoms with Crippen molar-refractivity contribution in [2.24, 2.45) is 0 Å². The summed E-state index contributed by atoms with van der Waals surface area (Å²) in [4.78, 5) is 32.2. The van der Waals surface area contributed by atoms with Crippen molar-refractivity contribution in [1.82, 2.24) is 0 Å². The average Bonchev–Trinajstić information content (AvgIpc) is 2.44. The lowest BCUT2D eigenvalue weighted by atomic mass is 9.95. The van der Waals surface area contributed by atoms with Crippen molar-refractivity contribution >= 4 is 17.6 Å². The summed E-state index contributed by atoms with van der Waals surface area (Å²) in [5.41, 5.74) is -1.75. The molecule has 0 aliphatic heterocycles. The zero-order valence-electron chi connectivity index (χ0n) is 10.9. The standard InChI is InChI=1S/C12H13NO8/c1-21-9(15)5-8(14)11(16)10-6(12(17)18)3-2-4-7(10)13(19)20/h2-4,8,11,14,16H,5H2,1H3,(H,17,18). The van der Waals surface area contributed by atoms with E-state index in [1.165, 1.54) is 0 Å². The van der Waals surface area contributed by atoms with Crippen LogP contribution in [0.4, 0.5) is 5.69 Å². The van der Waals surface area contributed by atoms with Crippen LogP contribution in [0.5, 0.6) is 0 Å². The number of aliphatic hydroxyl groups is 2. The molecule has 9 heteroatoms. The summed E-state index contributed by atoms with van der Waals surface area (Å²) in [6, 6.07) is 3.19. The Morgan fingerprint density at radius 2 is 2.00 bits per heavy atom. The predicted octanol–water partition coefficient (Wildman–Crippen LogP) is 0.250. The lowest BCUT2D eigenvalue weighted by Gasteiger charge is -2.18. The third kappa shape index (κ3) is 3.74. The van der Waals surface area contributed by atoms with Crippen molar-refractivity contribution in [3.8, 4) is 0 Å². The number of carbonyl (C=O) groups is 2. The first-order valence-corrected chi connectivity index (χ1v) is 5.73. The van der Waals surface area contributed by atoms with E-state index in [0.717, 1.165) is 25.3 Å². The number of nitro benzene ring substituents is 1. The minimum absolute atomic E-state index is 0.527. The highest BCUT2D eigenvalue weighted by atomic mass is 16.6. The van der Waals surface area contributed by atoms with E-state index in [4.69, 9.17) is 5.11 Å². The Labute approximate surface area is 118 Å². The van der Waals surface area contributed by atoms with Gasteiger partial charge in [0, 0.05) is 6.07 Å². The highest BCUT2D eigenvalue weighted by Crippen LogP contribution is 2.31. The van der Waals surface area contributed by atoms with Crippen molar-refractivity contribution in [2.45, 2.75) is 18.6 Å². The second-order valence-corrected chi connectivity index (χ2v) is 4.09. The maximum atomic E-state index is 11.1. The molecular formula is C12H13NO8. The van der Waals surface area contributed by atoms with Gasteiger partial charge in [0.2, 0.25) is 0 Å². The zero-order chi connectivity index (χ0) is 16.2. The topological polar surface area (TPSA) is 147 Å². The van der Waals surface area contributed by atoms with Crippen molar-refractivity contribution < 1.29 is 34.6 Å². The van der Waals surface area contributed by atoms with Crippen molar-refractivity contribution in [3.63, 3.8) is 0 Å². The molecule has 0 saturated heterocycles. The smallest absolute Gasteiger partial charge is 0.336 e. The molecule has 0 spiro atoms. The quantitative estimate of drug-likeness (QED) is 0.384. The van der Waals surface area contributed by atoms with Gasteiger partial charge in [-0.25, -0.2) is 4.79 Å². The summed E-state index contributed by atoms with van der Waals surface area (Å²) in [6.07, 6.45) is -4.29. The summed E-state index contributed by atoms with van der Waals surface area (Å²) >= 11 is 0. The van der Waals surface area contributed by atoms with Gasteiger partial charge in [0.1, 0.15) is 6.10 Å². The van der Waals surface area contributed by atoms with Crippen LogP contribution < -0.4 is 0 Å². The molecule has 0 aliphatic carbocycles. The van der Waals surface area contributed by atoms with Gasteiger partial charge in [-0.2, -0.15) is 0 Å². The second kappa shape index (κ2) is 6.77. The number of aliphatic hydroxyl groups excluding tert-OH is 2. The largest absolute Gasteiger partial charge is 0.478 e. The monoisotopic (exact) mass is 299 g/mol. The molecule has 1 aromatic carbocycles. The van der Waals surface area contributed by atoms with Gasteiger partial charge in [-0.3, -0.25) is 14.9 Å². The molecule has 21 heavy (non-hydrogen) atoms. The summed E-state index contributed by atoms with van der Waals surface area (Å²) < 4.78 is 4.30. The van der Waals surface area contributed by atoms with Crippen LogP contribution in [0.15, 0.2) is 18.2 Å². The minimum Gasteiger partial charge on any atom is -0.478 e. The number of esters is 1. The third-order valence-corrected chi connectivity index (χ3v) is 2.77. The molecule has 0 radical (unpaired) electrons. The van der Waals surface area contributed by atoms with Crippen LogP contribution in [0.25, 0.3) is 0 Å². The minimum atomic E-state index is -1.92. The van der Waals surface area contributed by atoms with E-state index in [0.29, 0.717) is 0 Å². The second-order valence-electron chi connectivity index (χ2n) is 4.09. The van der Waals surface area contributed by atoms with Gasteiger partial charge in [-0.15, -0.1) is 0 Å². The zero-order valence-corrected chi connectivity index (χ0v) is 10.9. The molecule has 0 heterocycles. The first-order chi connectivity index (χ1) is 9.79. The molecular weight excluding hydrogens is 286 g/mol. The van der Waals surface area contributed by atoms with Crippen molar-refractivity contribution in [1.29, 1.82) is 0 Å². The number of carboxylic acid groups (broad SMARTS) is 1. The molecule has 114 valence electrons. The normalized spacial score (nSPS) is 13.3. The lowest BCUT2D eigenvalue weighted by Crippen LogP contribution is -2.25. The summed E-state index contributed by atoms with van der Waals surface area (Å²) in [7, 11) is 1.06. The van der Waals surface area contributed by atoms with Gasteiger partial charge in [-0.05, 0) is 6.07 Å². The number of rotatable bonds is 6. The molecule has 1 rings (SSSR count). The van der Waals surface area contributed by atoms with Crippen LogP contribution in [0, 0.1) is 10.1 Å². The number of benzene rings is 1. The number of methoxy groups -OCH3 is 1. The van der Waals surface area contributed by atoms with E-state index in [9.17, 15) is 29.9 Å². The summed E-state index contributed by atoms with van der Waals surface area (Å²) in [6.45, 7) is 0. The number of hydrogen-bond acceptors (Lipinski definition) is 7. The summed E-state index contributed by atoms with van der Waals surface area (Å²) in [5, 5.41) is 39.6. The van der Waals surface area contributed by atoms with E-state index in [1.54, 1.807) is 0 Å². The maximum Gasteiger partial charge on any atom is 0.336 e. The van der Waals surface area contributed by atoms with Crippen LogP contribution in [-0.2, 0) is 9.53 Å². The number of ether oxygens (including phenoxy) is 1. The van der Waals surface area contributed by atoms with Gasteiger partial charge >= 0.3 is 11.9 Å². The Balaban J connectivity index is 3.28. The number of nitro groups is 1. The van der Waals surface area contributed by atoms with E-state index in [2.05, 4.69) is 4.74 Å². The van der Waals surface area contributed by atoms with Gasteiger partial charge in [0.15, 0.2) is 0 Å². The molecule has 9 nitrogen and oxygen atoms in total. The fourth-order valence-corrected chi connectivity index (χ4v) is 1.77. The molecule has 2 unspecified atom stereocenters. The fourth-order valence-electron chi connectivity index (χ4n) is 1.77. The highest BCUT2D eigenvalue weighted by molar-refractivity contribution is 5.91. The number of aromatic carboxylic acids is 1. The van der Waals surface area contributed by atoms with Crippen LogP contribution >= 0.6 is 0 Å². The van der Waals surface area contributed by atoms with E-state index < -0.39 is 52.3 Å². The number of carbonyl (C=O) groups excluding carboxylic acids is 1. The van der Waals surface area contributed by atoms with Gasteiger partial charge < -0.3 is 20.1 Å². The molecule has 3 N–H and O–H groups in total. The average molecular weight is 299 g/mol. The molecule has 0 bridgehead atoms. The van der Waals surface area contributed by atoms with Gasteiger partial charge in [0.05, 0.1) is 35.7 Å².